The third-order valence-electron chi connectivity index (χ3n) is 5.03. The van der Waals surface area contributed by atoms with Gasteiger partial charge in [0.1, 0.15) is 25.0 Å². The SMILES string of the molecule is CC(=O)c1c(C)[nH]c(C(=O)N2CCN(c3ccc(C(F)(F)F)c[nH+]3)CC2)c1C. The van der Waals surface area contributed by atoms with Gasteiger partial charge in [0.05, 0.1) is 18.7 Å². The molecule has 1 aliphatic rings. The van der Waals surface area contributed by atoms with Crippen LogP contribution in [-0.2, 0) is 6.18 Å². The number of nitrogens with zero attached hydrogens (tertiary/aromatic N) is 2. The number of H-pyrrole nitrogens is 2. The number of ketones is 1. The largest absolute Gasteiger partial charge is 0.419 e. The Kier molecular flexibility index (Phi) is 5.18. The van der Waals surface area contributed by atoms with Crippen molar-refractivity contribution in [3.63, 3.8) is 0 Å². The molecule has 0 unspecified atom stereocenters. The molecule has 28 heavy (non-hydrogen) atoms. The Bertz CT molecular complexity index is 895. The maximum absolute atomic E-state index is 12.8. The molecule has 1 aliphatic heterocycles. The van der Waals surface area contributed by atoms with Gasteiger partial charge in [0.2, 0.25) is 0 Å². The van der Waals surface area contributed by atoms with Crippen LogP contribution in [0, 0.1) is 13.8 Å². The highest BCUT2D eigenvalue weighted by molar-refractivity contribution is 6.02. The third-order valence-corrected chi connectivity index (χ3v) is 5.03. The number of piperazine rings is 1. The first-order chi connectivity index (χ1) is 13.1. The van der Waals surface area contributed by atoms with E-state index in [0.29, 0.717) is 54.5 Å². The van der Waals surface area contributed by atoms with Gasteiger partial charge in [-0.15, -0.1) is 0 Å². The summed E-state index contributed by atoms with van der Waals surface area (Å²) in [5, 5.41) is 0. The van der Waals surface area contributed by atoms with Crippen LogP contribution in [0.1, 0.15) is 44.6 Å². The first-order valence-corrected chi connectivity index (χ1v) is 8.93. The van der Waals surface area contributed by atoms with Crippen molar-refractivity contribution in [1.29, 1.82) is 0 Å². The summed E-state index contributed by atoms with van der Waals surface area (Å²) >= 11 is 0. The van der Waals surface area contributed by atoms with Gasteiger partial charge in [0.25, 0.3) is 11.7 Å². The predicted octanol–water partition coefficient (Wildman–Crippen LogP) is 2.63. The maximum atomic E-state index is 12.8. The number of carbonyl (C=O) groups excluding carboxylic acids is 2. The molecule has 0 bridgehead atoms. The van der Waals surface area contributed by atoms with Crippen LogP contribution in [0.4, 0.5) is 19.0 Å². The molecule has 1 amide bonds. The maximum Gasteiger partial charge on any atom is 0.419 e. The molecule has 3 rings (SSSR count). The molecule has 1 saturated heterocycles. The van der Waals surface area contributed by atoms with E-state index in [4.69, 9.17) is 0 Å². The molecule has 0 radical (unpaired) electrons. The molecule has 0 atom stereocenters. The number of nitrogens with one attached hydrogen (secondary N) is 2. The van der Waals surface area contributed by atoms with E-state index in [-0.39, 0.29) is 11.7 Å². The fraction of sp³-hybridized carbons (Fsp3) is 0.421. The van der Waals surface area contributed by atoms with Gasteiger partial charge in [-0.3, -0.25) is 14.5 Å². The highest BCUT2D eigenvalue weighted by Crippen LogP contribution is 2.28. The molecule has 3 heterocycles. The zero-order valence-electron chi connectivity index (χ0n) is 15.9. The lowest BCUT2D eigenvalue weighted by Gasteiger charge is -2.31. The molecule has 0 aromatic carbocycles. The molecule has 6 nitrogen and oxygen atoms in total. The first-order valence-electron chi connectivity index (χ1n) is 8.93. The summed E-state index contributed by atoms with van der Waals surface area (Å²) in [6.07, 6.45) is -3.44. The normalized spacial score (nSPS) is 15.1. The van der Waals surface area contributed by atoms with E-state index in [2.05, 4.69) is 9.97 Å². The Morgan fingerprint density at radius 3 is 2.21 bits per heavy atom. The summed E-state index contributed by atoms with van der Waals surface area (Å²) in [4.78, 5) is 33.9. The summed E-state index contributed by atoms with van der Waals surface area (Å²) in [6, 6.07) is 2.44. The number of rotatable bonds is 3. The van der Waals surface area contributed by atoms with Crippen molar-refractivity contribution < 1.29 is 27.7 Å². The van der Waals surface area contributed by atoms with Crippen LogP contribution in [0.15, 0.2) is 18.3 Å². The molecule has 0 spiro atoms. The Balaban J connectivity index is 1.68. The number of hydrogen-bond donors (Lipinski definition) is 1. The van der Waals surface area contributed by atoms with Gasteiger partial charge >= 0.3 is 6.18 Å². The lowest BCUT2D eigenvalue weighted by molar-refractivity contribution is -0.367. The van der Waals surface area contributed by atoms with Crippen molar-refractivity contribution in [2.75, 3.05) is 31.1 Å². The van der Waals surface area contributed by atoms with E-state index in [9.17, 15) is 22.8 Å². The fourth-order valence-corrected chi connectivity index (χ4v) is 3.59. The minimum Gasteiger partial charge on any atom is -0.354 e. The van der Waals surface area contributed by atoms with E-state index in [1.807, 2.05) is 4.90 Å². The molecule has 0 aliphatic carbocycles. The van der Waals surface area contributed by atoms with E-state index in [0.717, 1.165) is 12.3 Å². The van der Waals surface area contributed by atoms with Crippen molar-refractivity contribution in [3.8, 4) is 0 Å². The van der Waals surface area contributed by atoms with Gasteiger partial charge in [-0.25, -0.2) is 4.98 Å². The number of Topliss-reactive ketones (excluding diaryl/α,β-unsaturated/α-hetero) is 1. The number of anilines is 1. The Morgan fingerprint density at radius 2 is 1.75 bits per heavy atom. The monoisotopic (exact) mass is 395 g/mol. The standard InChI is InChI=1S/C19H21F3N4O2/c1-11-16(13(3)27)12(2)24-17(11)18(28)26-8-6-25(7-9-26)15-5-4-14(10-23-15)19(20,21)22/h4-5,10,24H,6-9H2,1-3H3/p+1. The van der Waals surface area contributed by atoms with Crippen LogP contribution in [0.5, 0.6) is 0 Å². The lowest BCUT2D eigenvalue weighted by atomic mass is 10.1. The summed E-state index contributed by atoms with van der Waals surface area (Å²) in [5.74, 6) is 0.308. The molecule has 150 valence electrons. The van der Waals surface area contributed by atoms with Crippen molar-refractivity contribution in [2.45, 2.75) is 26.9 Å². The van der Waals surface area contributed by atoms with Crippen molar-refractivity contribution in [2.24, 2.45) is 0 Å². The van der Waals surface area contributed by atoms with Gasteiger partial charge < -0.3 is 9.88 Å². The highest BCUT2D eigenvalue weighted by atomic mass is 19.4. The number of halogens is 3. The lowest BCUT2D eigenvalue weighted by Crippen LogP contribution is -2.50. The van der Waals surface area contributed by atoms with Gasteiger partial charge in [0.15, 0.2) is 5.78 Å². The number of carbonyl (C=O) groups is 2. The van der Waals surface area contributed by atoms with Crippen LogP contribution in [0.2, 0.25) is 0 Å². The predicted molar refractivity (Wildman–Crippen MR) is 96.4 cm³/mol. The second kappa shape index (κ2) is 7.29. The number of hydrogen-bond acceptors (Lipinski definition) is 3. The van der Waals surface area contributed by atoms with Gasteiger partial charge in [-0.2, -0.15) is 13.2 Å². The van der Waals surface area contributed by atoms with E-state index in [1.165, 1.54) is 13.0 Å². The quantitative estimate of drug-likeness (QED) is 0.813. The zero-order chi connectivity index (χ0) is 20.6. The summed E-state index contributed by atoms with van der Waals surface area (Å²) in [6.45, 7) is 6.83. The average molecular weight is 395 g/mol. The van der Waals surface area contributed by atoms with E-state index >= 15 is 0 Å². The van der Waals surface area contributed by atoms with Crippen LogP contribution in [-0.4, -0.2) is 47.8 Å². The number of alkyl halides is 3. The van der Waals surface area contributed by atoms with E-state index < -0.39 is 11.7 Å². The first kappa shape index (κ1) is 19.9. The fourth-order valence-electron chi connectivity index (χ4n) is 3.59. The third kappa shape index (κ3) is 3.74. The van der Waals surface area contributed by atoms with Crippen LogP contribution in [0.25, 0.3) is 0 Å². The number of aromatic nitrogens is 2. The van der Waals surface area contributed by atoms with Crippen LogP contribution >= 0.6 is 0 Å². The highest BCUT2D eigenvalue weighted by Gasteiger charge is 2.33. The molecule has 0 saturated carbocycles. The molecule has 2 aromatic rings. The number of pyridine rings is 1. The Hall–Kier alpha value is -2.84. The zero-order valence-corrected chi connectivity index (χ0v) is 15.9. The molecule has 2 aromatic heterocycles. The van der Waals surface area contributed by atoms with Gasteiger partial charge in [-0.1, -0.05) is 0 Å². The van der Waals surface area contributed by atoms with Crippen molar-refractivity contribution in [1.82, 2.24) is 9.88 Å². The Labute approximate surface area is 160 Å². The van der Waals surface area contributed by atoms with E-state index in [1.54, 1.807) is 18.7 Å². The summed E-state index contributed by atoms with van der Waals surface area (Å²) < 4.78 is 38.0. The number of amides is 1. The molecular formula is C19H22F3N4O2+. The van der Waals surface area contributed by atoms with Crippen molar-refractivity contribution in [3.05, 3.63) is 46.4 Å². The number of aryl methyl sites for hydroxylation is 1. The van der Waals surface area contributed by atoms with Crippen LogP contribution < -0.4 is 9.88 Å². The average Bonchev–Trinajstić information content (AvgIpc) is 2.95. The second-order valence-electron chi connectivity index (χ2n) is 6.92. The van der Waals surface area contributed by atoms with Gasteiger partial charge in [-0.05, 0) is 32.4 Å². The molecule has 1 fully saturated rings. The molecule has 9 heteroatoms. The smallest absolute Gasteiger partial charge is 0.354 e. The topological polar surface area (TPSA) is 70.6 Å². The number of aromatic amines is 2. The summed E-state index contributed by atoms with van der Waals surface area (Å²) in [7, 11) is 0. The van der Waals surface area contributed by atoms with Gasteiger partial charge in [0, 0.05) is 17.3 Å². The molecular weight excluding hydrogens is 373 g/mol. The molecule has 2 N–H and O–H groups in total. The van der Waals surface area contributed by atoms with Crippen LogP contribution in [0.3, 0.4) is 0 Å². The second-order valence-corrected chi connectivity index (χ2v) is 6.92. The minimum absolute atomic E-state index is 0.0899. The minimum atomic E-state index is -4.38. The van der Waals surface area contributed by atoms with Crippen molar-refractivity contribution >= 4 is 17.5 Å². The summed E-state index contributed by atoms with van der Waals surface area (Å²) in [5.41, 5.74) is 1.54. The Morgan fingerprint density at radius 1 is 1.11 bits per heavy atom.